The number of thioether (sulfide) groups is 1. The van der Waals surface area contributed by atoms with Gasteiger partial charge in [-0.1, -0.05) is 11.6 Å². The molecule has 1 aromatic carbocycles. The summed E-state index contributed by atoms with van der Waals surface area (Å²) in [4.78, 5) is 11.3. The molecule has 0 aliphatic carbocycles. The van der Waals surface area contributed by atoms with Crippen LogP contribution in [0.4, 0.5) is 0 Å². The van der Waals surface area contributed by atoms with E-state index in [-0.39, 0.29) is 5.97 Å². The van der Waals surface area contributed by atoms with E-state index in [9.17, 15) is 4.79 Å². The molecule has 0 spiro atoms. The molecular weight excluding hydrogens is 310 g/mol. The second kappa shape index (κ2) is 10.8. The fourth-order valence-electron chi connectivity index (χ4n) is 1.56. The average molecular weight is 332 g/mol. The van der Waals surface area contributed by atoms with Crippen molar-refractivity contribution in [3.05, 3.63) is 29.3 Å². The maximum atomic E-state index is 11.3. The zero-order chi connectivity index (χ0) is 15.5. The third kappa shape index (κ3) is 8.19. The number of nitrogens with two attached hydrogens (primary N) is 1. The second-order valence-corrected chi connectivity index (χ2v) is 6.08. The minimum atomic E-state index is -0.511. The topological polar surface area (TPSA) is 61.5 Å². The summed E-state index contributed by atoms with van der Waals surface area (Å²) in [6.07, 6.45) is 1.59. The fourth-order valence-corrected chi connectivity index (χ4v) is 2.63. The number of rotatable bonds is 10. The molecule has 0 bridgehead atoms. The molecule has 1 aromatic rings. The SMILES string of the molecule is CCOC(=O)C(N)CCSCCCOc1ccc(Cl)cc1. The lowest BCUT2D eigenvalue weighted by Gasteiger charge is -2.10. The molecule has 1 atom stereocenters. The number of hydrogen-bond acceptors (Lipinski definition) is 5. The van der Waals surface area contributed by atoms with Crippen molar-refractivity contribution in [2.75, 3.05) is 24.7 Å². The van der Waals surface area contributed by atoms with Crippen LogP contribution < -0.4 is 10.5 Å². The van der Waals surface area contributed by atoms with Gasteiger partial charge in [-0.2, -0.15) is 11.8 Å². The van der Waals surface area contributed by atoms with Gasteiger partial charge in [0.15, 0.2) is 0 Å². The van der Waals surface area contributed by atoms with Gasteiger partial charge in [-0.15, -0.1) is 0 Å². The molecule has 0 aliphatic rings. The third-order valence-corrected chi connectivity index (χ3v) is 4.03. The van der Waals surface area contributed by atoms with Crippen molar-refractivity contribution in [2.24, 2.45) is 5.73 Å². The van der Waals surface area contributed by atoms with Crippen LogP contribution in [0.3, 0.4) is 0 Å². The van der Waals surface area contributed by atoms with Gasteiger partial charge in [0.1, 0.15) is 11.8 Å². The number of hydrogen-bond donors (Lipinski definition) is 1. The van der Waals surface area contributed by atoms with E-state index in [4.69, 9.17) is 26.8 Å². The second-order valence-electron chi connectivity index (χ2n) is 4.42. The third-order valence-electron chi connectivity index (χ3n) is 2.68. The first-order valence-electron chi connectivity index (χ1n) is 7.01. The molecule has 0 fully saturated rings. The predicted molar refractivity (Wildman–Crippen MR) is 88.1 cm³/mol. The van der Waals surface area contributed by atoms with Crippen LogP contribution in [0.1, 0.15) is 19.8 Å². The zero-order valence-electron chi connectivity index (χ0n) is 12.2. The minimum Gasteiger partial charge on any atom is -0.494 e. The Bertz CT molecular complexity index is 414. The van der Waals surface area contributed by atoms with Crippen molar-refractivity contribution in [1.82, 2.24) is 0 Å². The molecule has 118 valence electrons. The Labute approximate surface area is 135 Å². The summed E-state index contributed by atoms with van der Waals surface area (Å²) in [6.45, 7) is 2.82. The van der Waals surface area contributed by atoms with Gasteiger partial charge in [-0.3, -0.25) is 4.79 Å². The van der Waals surface area contributed by atoms with E-state index in [0.717, 1.165) is 23.7 Å². The molecule has 21 heavy (non-hydrogen) atoms. The molecule has 0 amide bonds. The molecule has 1 unspecified atom stereocenters. The van der Waals surface area contributed by atoms with Gasteiger partial charge in [0.2, 0.25) is 0 Å². The Balaban J connectivity index is 1.99. The van der Waals surface area contributed by atoms with Gasteiger partial charge >= 0.3 is 5.97 Å². The van der Waals surface area contributed by atoms with E-state index in [2.05, 4.69) is 0 Å². The van der Waals surface area contributed by atoms with Crippen molar-refractivity contribution in [3.63, 3.8) is 0 Å². The average Bonchev–Trinajstić information content (AvgIpc) is 2.48. The lowest BCUT2D eigenvalue weighted by molar-refractivity contribution is -0.144. The first-order valence-corrected chi connectivity index (χ1v) is 8.55. The Morgan fingerprint density at radius 3 is 2.71 bits per heavy atom. The van der Waals surface area contributed by atoms with E-state index >= 15 is 0 Å². The number of esters is 1. The summed E-state index contributed by atoms with van der Waals surface area (Å²) in [5.41, 5.74) is 5.71. The highest BCUT2D eigenvalue weighted by molar-refractivity contribution is 7.99. The van der Waals surface area contributed by atoms with Crippen molar-refractivity contribution >= 4 is 29.3 Å². The summed E-state index contributed by atoms with van der Waals surface area (Å²) in [5, 5.41) is 0.704. The highest BCUT2D eigenvalue weighted by Gasteiger charge is 2.13. The Kier molecular flexibility index (Phi) is 9.30. The molecule has 1 rings (SSSR count). The molecule has 0 aliphatic heterocycles. The quantitative estimate of drug-likeness (QED) is 0.527. The maximum absolute atomic E-state index is 11.3. The summed E-state index contributed by atoms with van der Waals surface area (Å²) >= 11 is 7.56. The van der Waals surface area contributed by atoms with Crippen LogP contribution in [0.25, 0.3) is 0 Å². The Morgan fingerprint density at radius 1 is 1.33 bits per heavy atom. The first-order chi connectivity index (χ1) is 10.1. The van der Waals surface area contributed by atoms with E-state index in [1.54, 1.807) is 18.7 Å². The largest absolute Gasteiger partial charge is 0.494 e. The summed E-state index contributed by atoms with van der Waals surface area (Å²) in [5.74, 6) is 2.34. The van der Waals surface area contributed by atoms with Gasteiger partial charge in [0.25, 0.3) is 0 Å². The van der Waals surface area contributed by atoms with Crippen LogP contribution in [-0.4, -0.2) is 36.7 Å². The van der Waals surface area contributed by atoms with E-state index in [0.29, 0.717) is 24.7 Å². The van der Waals surface area contributed by atoms with Gasteiger partial charge in [0, 0.05) is 5.02 Å². The lowest BCUT2D eigenvalue weighted by Crippen LogP contribution is -2.32. The van der Waals surface area contributed by atoms with Crippen LogP contribution in [0.2, 0.25) is 5.02 Å². The van der Waals surface area contributed by atoms with Gasteiger partial charge in [-0.25, -0.2) is 0 Å². The van der Waals surface area contributed by atoms with E-state index < -0.39 is 6.04 Å². The van der Waals surface area contributed by atoms with Gasteiger partial charge in [0.05, 0.1) is 13.2 Å². The molecule has 0 radical (unpaired) electrons. The lowest BCUT2D eigenvalue weighted by atomic mass is 10.2. The highest BCUT2D eigenvalue weighted by atomic mass is 35.5. The van der Waals surface area contributed by atoms with Crippen LogP contribution >= 0.6 is 23.4 Å². The summed E-state index contributed by atoms with van der Waals surface area (Å²) in [7, 11) is 0. The fraction of sp³-hybridized carbons (Fsp3) is 0.533. The Morgan fingerprint density at radius 2 is 2.05 bits per heavy atom. The monoisotopic (exact) mass is 331 g/mol. The zero-order valence-corrected chi connectivity index (χ0v) is 13.8. The highest BCUT2D eigenvalue weighted by Crippen LogP contribution is 2.16. The van der Waals surface area contributed by atoms with Crippen LogP contribution in [0, 0.1) is 0 Å². The van der Waals surface area contributed by atoms with Crippen LogP contribution in [0.15, 0.2) is 24.3 Å². The standard InChI is InChI=1S/C15H22ClNO3S/c1-2-19-15(18)14(17)8-11-21-10-3-9-20-13-6-4-12(16)5-7-13/h4-7,14H,2-3,8-11,17H2,1H3. The van der Waals surface area contributed by atoms with Crippen molar-refractivity contribution in [3.8, 4) is 5.75 Å². The Hall–Kier alpha value is -0.910. The minimum absolute atomic E-state index is 0.316. The van der Waals surface area contributed by atoms with E-state index in [1.807, 2.05) is 24.3 Å². The van der Waals surface area contributed by atoms with Crippen molar-refractivity contribution in [1.29, 1.82) is 0 Å². The number of halogens is 1. The van der Waals surface area contributed by atoms with Crippen LogP contribution in [0.5, 0.6) is 5.75 Å². The molecular formula is C15H22ClNO3S. The van der Waals surface area contributed by atoms with Gasteiger partial charge < -0.3 is 15.2 Å². The van der Waals surface area contributed by atoms with Crippen molar-refractivity contribution < 1.29 is 14.3 Å². The maximum Gasteiger partial charge on any atom is 0.322 e. The number of carbonyl (C=O) groups excluding carboxylic acids is 1. The molecule has 6 heteroatoms. The normalized spacial score (nSPS) is 12.0. The molecule has 2 N–H and O–H groups in total. The molecule has 4 nitrogen and oxygen atoms in total. The molecule has 0 saturated heterocycles. The summed E-state index contributed by atoms with van der Waals surface area (Å²) < 4.78 is 10.4. The summed E-state index contributed by atoms with van der Waals surface area (Å²) in [6, 6.07) is 6.81. The van der Waals surface area contributed by atoms with E-state index in [1.165, 1.54) is 0 Å². The predicted octanol–water partition coefficient (Wildman–Crippen LogP) is 3.12. The molecule has 0 aromatic heterocycles. The number of benzene rings is 1. The first kappa shape index (κ1) is 18.1. The number of ether oxygens (including phenoxy) is 2. The van der Waals surface area contributed by atoms with Crippen LogP contribution in [-0.2, 0) is 9.53 Å². The van der Waals surface area contributed by atoms with Gasteiger partial charge in [-0.05, 0) is 55.5 Å². The van der Waals surface area contributed by atoms with Crippen molar-refractivity contribution in [2.45, 2.75) is 25.8 Å². The molecule has 0 saturated carbocycles. The molecule has 0 heterocycles. The smallest absolute Gasteiger partial charge is 0.322 e. The number of carbonyl (C=O) groups is 1.